The molecule has 2 heterocycles. The Kier molecular flexibility index (Phi) is 4.11. The van der Waals surface area contributed by atoms with Crippen molar-refractivity contribution in [1.82, 2.24) is 19.2 Å². The molecule has 134 valence electrons. The van der Waals surface area contributed by atoms with Crippen molar-refractivity contribution < 1.29 is 9.18 Å². The molecule has 6 heteroatoms. The van der Waals surface area contributed by atoms with Gasteiger partial charge in [-0.05, 0) is 55.3 Å². The number of benzene rings is 1. The molecule has 1 saturated carbocycles. The molecule has 1 aromatic carbocycles. The molecule has 0 N–H and O–H groups in total. The van der Waals surface area contributed by atoms with Crippen molar-refractivity contribution in [2.75, 3.05) is 0 Å². The SMILES string of the molecule is Cn1cccc1CN(C(=O)c1cc(-c2ccc(F)cc2)nn1C)C1CC1. The molecule has 0 atom stereocenters. The van der Waals surface area contributed by atoms with E-state index in [1.807, 2.05) is 34.8 Å². The average Bonchev–Trinajstić information content (AvgIpc) is 3.28. The maximum absolute atomic E-state index is 13.2. The van der Waals surface area contributed by atoms with Crippen molar-refractivity contribution in [1.29, 1.82) is 0 Å². The molecule has 1 amide bonds. The van der Waals surface area contributed by atoms with Gasteiger partial charge in [0.15, 0.2) is 0 Å². The van der Waals surface area contributed by atoms with Gasteiger partial charge in [-0.2, -0.15) is 5.10 Å². The van der Waals surface area contributed by atoms with Crippen molar-refractivity contribution in [3.8, 4) is 11.3 Å². The lowest BCUT2D eigenvalue weighted by Gasteiger charge is -2.22. The summed E-state index contributed by atoms with van der Waals surface area (Å²) in [7, 11) is 3.76. The molecule has 5 nitrogen and oxygen atoms in total. The first-order valence-corrected chi connectivity index (χ1v) is 8.74. The maximum Gasteiger partial charge on any atom is 0.272 e. The van der Waals surface area contributed by atoms with Gasteiger partial charge < -0.3 is 9.47 Å². The van der Waals surface area contributed by atoms with Gasteiger partial charge in [0.1, 0.15) is 11.5 Å². The fourth-order valence-corrected chi connectivity index (χ4v) is 3.16. The molecular weight excluding hydrogens is 331 g/mol. The van der Waals surface area contributed by atoms with Crippen LogP contribution < -0.4 is 0 Å². The monoisotopic (exact) mass is 352 g/mol. The largest absolute Gasteiger partial charge is 0.353 e. The molecule has 1 aliphatic rings. The van der Waals surface area contributed by atoms with E-state index in [9.17, 15) is 9.18 Å². The second-order valence-electron chi connectivity index (χ2n) is 6.82. The zero-order valence-corrected chi connectivity index (χ0v) is 14.9. The number of halogens is 1. The third kappa shape index (κ3) is 3.14. The lowest BCUT2D eigenvalue weighted by atomic mass is 10.1. The summed E-state index contributed by atoms with van der Waals surface area (Å²) in [5, 5.41) is 4.45. The van der Waals surface area contributed by atoms with Crippen LogP contribution in [0.3, 0.4) is 0 Å². The lowest BCUT2D eigenvalue weighted by Crippen LogP contribution is -2.34. The molecule has 1 fully saturated rings. The number of carbonyl (C=O) groups excluding carboxylic acids is 1. The van der Waals surface area contributed by atoms with E-state index in [0.29, 0.717) is 24.0 Å². The third-order valence-corrected chi connectivity index (χ3v) is 4.87. The molecule has 2 aromatic heterocycles. The van der Waals surface area contributed by atoms with Gasteiger partial charge in [0.05, 0.1) is 12.2 Å². The highest BCUT2D eigenvalue weighted by atomic mass is 19.1. The number of rotatable bonds is 5. The van der Waals surface area contributed by atoms with Gasteiger partial charge in [0, 0.05) is 37.6 Å². The Morgan fingerprint density at radius 1 is 1.23 bits per heavy atom. The number of carbonyl (C=O) groups is 1. The lowest BCUT2D eigenvalue weighted by molar-refractivity contribution is 0.0715. The van der Waals surface area contributed by atoms with E-state index in [1.54, 1.807) is 29.9 Å². The van der Waals surface area contributed by atoms with Crippen LogP contribution in [0.1, 0.15) is 29.0 Å². The summed E-state index contributed by atoms with van der Waals surface area (Å²) in [6.07, 6.45) is 4.07. The molecule has 1 aliphatic carbocycles. The Labute approximate surface area is 151 Å². The van der Waals surface area contributed by atoms with E-state index in [-0.39, 0.29) is 11.7 Å². The molecule has 3 aromatic rings. The van der Waals surface area contributed by atoms with Crippen molar-refractivity contribution in [3.05, 3.63) is 65.9 Å². The van der Waals surface area contributed by atoms with Crippen molar-refractivity contribution >= 4 is 5.91 Å². The number of aromatic nitrogens is 3. The quantitative estimate of drug-likeness (QED) is 0.707. The summed E-state index contributed by atoms with van der Waals surface area (Å²) in [6.45, 7) is 0.587. The van der Waals surface area contributed by atoms with Crippen LogP contribution in [0.2, 0.25) is 0 Å². The minimum Gasteiger partial charge on any atom is -0.353 e. The summed E-state index contributed by atoms with van der Waals surface area (Å²) in [5.41, 5.74) is 3.11. The van der Waals surface area contributed by atoms with Gasteiger partial charge >= 0.3 is 0 Å². The van der Waals surface area contributed by atoms with Gasteiger partial charge in [-0.15, -0.1) is 0 Å². The Balaban J connectivity index is 1.62. The Hall–Kier alpha value is -2.89. The second kappa shape index (κ2) is 6.44. The molecule has 0 unspecified atom stereocenters. The summed E-state index contributed by atoms with van der Waals surface area (Å²) in [6, 6.07) is 12.3. The fourth-order valence-electron chi connectivity index (χ4n) is 3.16. The molecule has 0 aliphatic heterocycles. The Bertz CT molecular complexity index is 937. The summed E-state index contributed by atoms with van der Waals surface area (Å²) >= 11 is 0. The van der Waals surface area contributed by atoms with E-state index >= 15 is 0 Å². The highest BCUT2D eigenvalue weighted by Gasteiger charge is 2.34. The van der Waals surface area contributed by atoms with E-state index < -0.39 is 0 Å². The van der Waals surface area contributed by atoms with Gasteiger partial charge in [-0.25, -0.2) is 4.39 Å². The van der Waals surface area contributed by atoms with Crippen molar-refractivity contribution in [2.45, 2.75) is 25.4 Å². The Morgan fingerprint density at radius 3 is 2.58 bits per heavy atom. The maximum atomic E-state index is 13.2. The van der Waals surface area contributed by atoms with Crippen LogP contribution in [0.15, 0.2) is 48.7 Å². The van der Waals surface area contributed by atoms with Crippen LogP contribution in [0.4, 0.5) is 4.39 Å². The van der Waals surface area contributed by atoms with Crippen molar-refractivity contribution in [2.24, 2.45) is 14.1 Å². The number of hydrogen-bond donors (Lipinski definition) is 0. The summed E-state index contributed by atoms with van der Waals surface area (Å²) in [4.78, 5) is 15.1. The fraction of sp³-hybridized carbons (Fsp3) is 0.300. The minimum atomic E-state index is -0.288. The average molecular weight is 352 g/mol. The van der Waals surface area contributed by atoms with Gasteiger partial charge in [0.2, 0.25) is 0 Å². The van der Waals surface area contributed by atoms with Crippen LogP contribution in [-0.4, -0.2) is 31.2 Å². The van der Waals surface area contributed by atoms with Crippen LogP contribution in [-0.2, 0) is 20.6 Å². The van der Waals surface area contributed by atoms with Gasteiger partial charge in [-0.3, -0.25) is 9.48 Å². The molecule has 26 heavy (non-hydrogen) atoms. The molecule has 0 bridgehead atoms. The first-order valence-electron chi connectivity index (χ1n) is 8.74. The Morgan fingerprint density at radius 2 is 1.96 bits per heavy atom. The molecule has 0 radical (unpaired) electrons. The molecular formula is C20H21FN4O. The van der Waals surface area contributed by atoms with Crippen LogP contribution in [0.25, 0.3) is 11.3 Å². The van der Waals surface area contributed by atoms with Crippen LogP contribution in [0.5, 0.6) is 0 Å². The molecule has 0 saturated heterocycles. The minimum absolute atomic E-state index is 0.0166. The zero-order valence-electron chi connectivity index (χ0n) is 14.9. The van der Waals surface area contributed by atoms with Crippen molar-refractivity contribution in [3.63, 3.8) is 0 Å². The predicted molar refractivity (Wildman–Crippen MR) is 96.9 cm³/mol. The number of hydrogen-bond acceptors (Lipinski definition) is 2. The van der Waals surface area contributed by atoms with Crippen LogP contribution in [0, 0.1) is 5.82 Å². The predicted octanol–water partition coefficient (Wildman–Crippen LogP) is 3.37. The highest BCUT2D eigenvalue weighted by molar-refractivity contribution is 5.94. The summed E-state index contributed by atoms with van der Waals surface area (Å²) < 4.78 is 16.8. The zero-order chi connectivity index (χ0) is 18.3. The highest BCUT2D eigenvalue weighted by Crippen LogP contribution is 2.30. The molecule has 4 rings (SSSR count). The van der Waals surface area contributed by atoms with E-state index in [4.69, 9.17) is 0 Å². The van der Waals surface area contributed by atoms with E-state index in [1.165, 1.54) is 12.1 Å². The van der Waals surface area contributed by atoms with Gasteiger partial charge in [0.25, 0.3) is 5.91 Å². The van der Waals surface area contributed by atoms with E-state index in [0.717, 1.165) is 24.1 Å². The first-order chi connectivity index (χ1) is 12.5. The number of nitrogens with zero attached hydrogens (tertiary/aromatic N) is 4. The van der Waals surface area contributed by atoms with E-state index in [2.05, 4.69) is 5.10 Å². The second-order valence-corrected chi connectivity index (χ2v) is 6.82. The van der Waals surface area contributed by atoms with Crippen LogP contribution >= 0.6 is 0 Å². The topological polar surface area (TPSA) is 43.1 Å². The summed E-state index contributed by atoms with van der Waals surface area (Å²) in [5.74, 6) is -0.305. The first kappa shape index (κ1) is 16.6. The number of aryl methyl sites for hydroxylation is 2. The standard InChI is InChI=1S/C20H21FN4O/c1-23-11-3-4-17(23)13-25(16-9-10-16)20(26)19-12-18(22-24(19)2)14-5-7-15(21)8-6-14/h3-8,11-12,16H,9-10,13H2,1-2H3. The third-order valence-electron chi connectivity index (χ3n) is 4.87. The molecule has 0 spiro atoms. The normalized spacial score (nSPS) is 13.8. The van der Waals surface area contributed by atoms with Gasteiger partial charge in [-0.1, -0.05) is 0 Å². The number of amides is 1. The smallest absolute Gasteiger partial charge is 0.272 e.